The highest BCUT2D eigenvalue weighted by molar-refractivity contribution is 6.30. The lowest BCUT2D eigenvalue weighted by atomic mass is 9.60. The normalized spacial score (nSPS) is 26.3. The van der Waals surface area contributed by atoms with E-state index in [1.165, 1.54) is 18.4 Å². The van der Waals surface area contributed by atoms with Gasteiger partial charge in [-0.2, -0.15) is 0 Å². The Morgan fingerprint density at radius 1 is 1.30 bits per heavy atom. The van der Waals surface area contributed by atoms with Gasteiger partial charge in [0, 0.05) is 17.5 Å². The van der Waals surface area contributed by atoms with Crippen molar-refractivity contribution >= 4 is 23.4 Å². The van der Waals surface area contributed by atoms with E-state index >= 15 is 0 Å². The molecule has 8 nitrogen and oxygen atoms in total. The number of carbonyl (C=O) groups excluding carboxylic acids is 2. The van der Waals surface area contributed by atoms with Crippen LogP contribution in [0.15, 0.2) is 28.9 Å². The molecule has 1 heterocycles. The first kappa shape index (κ1) is 23.5. The number of hydrogen-bond acceptors (Lipinski definition) is 6. The average molecular weight is 480 g/mol. The van der Waals surface area contributed by atoms with Crippen molar-refractivity contribution in [1.29, 1.82) is 0 Å². The smallest absolute Gasteiger partial charge is 0.273 e. The third-order valence-corrected chi connectivity index (χ3v) is 6.90. The Kier molecular flexibility index (Phi) is 6.37. The fraction of sp³-hybridized carbons (Fsp3) is 0.522. The number of aliphatic hydroxyl groups excluding tert-OH is 1. The van der Waals surface area contributed by atoms with Crippen LogP contribution in [-0.2, 0) is 4.79 Å². The van der Waals surface area contributed by atoms with Gasteiger partial charge in [-0.05, 0) is 44.2 Å². The molecule has 33 heavy (non-hydrogen) atoms. The zero-order chi connectivity index (χ0) is 23.8. The van der Waals surface area contributed by atoms with Crippen LogP contribution in [-0.4, -0.2) is 45.7 Å². The molecule has 3 aliphatic carbocycles. The van der Waals surface area contributed by atoms with Gasteiger partial charge in [0.2, 0.25) is 0 Å². The molecule has 0 aliphatic heterocycles. The maximum Gasteiger partial charge on any atom is 0.273 e. The van der Waals surface area contributed by atoms with Crippen LogP contribution in [0.2, 0.25) is 5.02 Å². The second-order valence-corrected chi connectivity index (χ2v) is 9.66. The molecule has 5 rings (SSSR count). The number of fused-ring (bicyclic) bond motifs is 3. The summed E-state index contributed by atoms with van der Waals surface area (Å²) in [6.45, 7) is 3.54. The Labute approximate surface area is 195 Å². The lowest BCUT2D eigenvalue weighted by Gasteiger charge is -2.56. The Morgan fingerprint density at radius 3 is 2.64 bits per heavy atom. The zero-order valence-corrected chi connectivity index (χ0v) is 19.2. The summed E-state index contributed by atoms with van der Waals surface area (Å²) in [5, 5.41) is 16.8. The zero-order valence-electron chi connectivity index (χ0n) is 18.5. The van der Waals surface area contributed by atoms with Crippen LogP contribution >= 0.6 is 11.6 Å². The number of halogens is 2. The summed E-state index contributed by atoms with van der Waals surface area (Å²) in [5.74, 6) is -0.621. The van der Waals surface area contributed by atoms with Crippen molar-refractivity contribution < 1.29 is 28.2 Å². The van der Waals surface area contributed by atoms with Crippen molar-refractivity contribution in [3.05, 3.63) is 46.9 Å². The van der Waals surface area contributed by atoms with Gasteiger partial charge in [0.1, 0.15) is 17.8 Å². The van der Waals surface area contributed by atoms with Crippen molar-refractivity contribution in [2.45, 2.75) is 69.1 Å². The highest BCUT2D eigenvalue weighted by Crippen LogP contribution is 2.47. The summed E-state index contributed by atoms with van der Waals surface area (Å²) in [6.07, 6.45) is 3.05. The van der Waals surface area contributed by atoms with Crippen LogP contribution < -0.4 is 15.4 Å². The van der Waals surface area contributed by atoms with E-state index in [1.54, 1.807) is 0 Å². The molecule has 2 amide bonds. The van der Waals surface area contributed by atoms with E-state index in [2.05, 4.69) is 15.6 Å². The van der Waals surface area contributed by atoms with Crippen molar-refractivity contribution in [3.63, 3.8) is 0 Å². The summed E-state index contributed by atoms with van der Waals surface area (Å²) >= 11 is 5.65. The molecule has 3 saturated carbocycles. The van der Waals surface area contributed by atoms with Gasteiger partial charge in [0.05, 0.1) is 16.7 Å². The molecule has 10 heteroatoms. The second-order valence-electron chi connectivity index (χ2n) is 9.25. The third kappa shape index (κ3) is 4.84. The fourth-order valence-electron chi connectivity index (χ4n) is 4.65. The topological polar surface area (TPSA) is 114 Å². The number of carbonyl (C=O) groups is 2. The Balaban J connectivity index is 1.34. The monoisotopic (exact) mass is 479 g/mol. The minimum absolute atomic E-state index is 0.0299. The lowest BCUT2D eigenvalue weighted by molar-refractivity contribution is -0.132. The lowest BCUT2D eigenvalue weighted by Crippen LogP contribution is -2.70. The van der Waals surface area contributed by atoms with Gasteiger partial charge in [-0.15, -0.1) is 0 Å². The first-order chi connectivity index (χ1) is 15.6. The van der Waals surface area contributed by atoms with Crippen LogP contribution in [0.25, 0.3) is 0 Å². The number of amides is 2. The molecule has 3 fully saturated rings. The predicted molar refractivity (Wildman–Crippen MR) is 118 cm³/mol. The molecule has 1 atom stereocenters. The molecule has 0 spiro atoms. The Hall–Kier alpha value is -2.65. The van der Waals surface area contributed by atoms with Crippen LogP contribution in [0.3, 0.4) is 0 Å². The van der Waals surface area contributed by atoms with Crippen LogP contribution in [0, 0.1) is 5.82 Å². The molecule has 178 valence electrons. The van der Waals surface area contributed by atoms with Gasteiger partial charge in [-0.25, -0.2) is 9.37 Å². The number of hydrogen-bond donors (Lipinski definition) is 3. The van der Waals surface area contributed by atoms with Crippen LogP contribution in [0.1, 0.15) is 68.2 Å². The van der Waals surface area contributed by atoms with E-state index in [9.17, 15) is 19.1 Å². The SMILES string of the molecule is CC(C)c1nc(C(=O)NC23CCC(NC(=O)COc4ccc(Cl)c(F)c4)(CC2)C(O)C3)co1. The molecule has 3 aliphatic rings. The molecule has 0 radical (unpaired) electrons. The van der Waals surface area contributed by atoms with Gasteiger partial charge in [-0.1, -0.05) is 25.4 Å². The van der Waals surface area contributed by atoms with E-state index in [0.29, 0.717) is 38.0 Å². The van der Waals surface area contributed by atoms with Crippen LogP contribution in [0.5, 0.6) is 5.75 Å². The molecular weight excluding hydrogens is 453 g/mol. The van der Waals surface area contributed by atoms with E-state index in [-0.39, 0.29) is 34.9 Å². The number of aliphatic hydroxyl groups is 1. The molecular formula is C23H27ClFN3O5. The summed E-state index contributed by atoms with van der Waals surface area (Å²) in [7, 11) is 0. The van der Waals surface area contributed by atoms with Gasteiger partial charge < -0.3 is 24.9 Å². The Morgan fingerprint density at radius 2 is 2.03 bits per heavy atom. The van der Waals surface area contributed by atoms with E-state index < -0.39 is 28.9 Å². The van der Waals surface area contributed by atoms with Gasteiger partial charge in [-0.3, -0.25) is 9.59 Å². The van der Waals surface area contributed by atoms with E-state index in [0.717, 1.165) is 6.07 Å². The first-order valence-corrected chi connectivity index (χ1v) is 11.3. The number of ether oxygens (including phenoxy) is 1. The van der Waals surface area contributed by atoms with E-state index in [1.807, 2.05) is 13.8 Å². The maximum atomic E-state index is 13.5. The minimum Gasteiger partial charge on any atom is -0.484 e. The first-order valence-electron chi connectivity index (χ1n) is 11.0. The fourth-order valence-corrected chi connectivity index (χ4v) is 4.77. The number of aromatic nitrogens is 1. The standard InChI is InChI=1S/C23H27ClFN3O5/c1-13(2)21-26-17(11-33-21)20(31)28-22-5-7-23(8-6-22,18(29)10-22)27-19(30)12-32-14-3-4-15(24)16(25)9-14/h3-4,9,11,13,18,29H,5-8,10,12H2,1-2H3,(H,27,30)(H,28,31). The summed E-state index contributed by atoms with van der Waals surface area (Å²) < 4.78 is 24.2. The molecule has 1 aromatic heterocycles. The summed E-state index contributed by atoms with van der Waals surface area (Å²) in [4.78, 5) is 29.5. The average Bonchev–Trinajstić information content (AvgIpc) is 3.27. The van der Waals surface area contributed by atoms with Gasteiger partial charge in [0.25, 0.3) is 11.8 Å². The highest BCUT2D eigenvalue weighted by atomic mass is 35.5. The Bertz CT molecular complexity index is 1050. The number of benzene rings is 1. The van der Waals surface area contributed by atoms with E-state index in [4.69, 9.17) is 20.8 Å². The quantitative estimate of drug-likeness (QED) is 0.561. The number of oxazole rings is 1. The van der Waals surface area contributed by atoms with Crippen molar-refractivity contribution in [2.75, 3.05) is 6.61 Å². The van der Waals surface area contributed by atoms with Crippen molar-refractivity contribution in [2.24, 2.45) is 0 Å². The van der Waals surface area contributed by atoms with Gasteiger partial charge >= 0.3 is 0 Å². The van der Waals surface area contributed by atoms with Crippen LogP contribution in [0.4, 0.5) is 4.39 Å². The summed E-state index contributed by atoms with van der Waals surface area (Å²) in [6, 6.07) is 3.94. The molecule has 1 aromatic carbocycles. The molecule has 0 saturated heterocycles. The predicted octanol–water partition coefficient (Wildman–Crippen LogP) is 3.33. The van der Waals surface area contributed by atoms with Crippen molar-refractivity contribution in [3.8, 4) is 5.75 Å². The largest absolute Gasteiger partial charge is 0.484 e. The molecule has 2 aromatic rings. The molecule has 1 unspecified atom stereocenters. The number of rotatable bonds is 7. The number of nitrogens with zero attached hydrogens (tertiary/aromatic N) is 1. The maximum absolute atomic E-state index is 13.5. The van der Waals surface area contributed by atoms with Crippen molar-refractivity contribution in [1.82, 2.24) is 15.6 Å². The third-order valence-electron chi connectivity index (χ3n) is 6.60. The number of nitrogens with one attached hydrogen (secondary N) is 2. The highest BCUT2D eigenvalue weighted by Gasteiger charge is 2.55. The summed E-state index contributed by atoms with van der Waals surface area (Å²) in [5.41, 5.74) is -1.12. The second kappa shape index (κ2) is 8.95. The molecule has 2 bridgehead atoms. The van der Waals surface area contributed by atoms with Gasteiger partial charge in [0.15, 0.2) is 18.2 Å². The minimum atomic E-state index is -0.833. The molecule has 3 N–H and O–H groups in total.